The molecule has 0 aliphatic carbocycles. The van der Waals surface area contributed by atoms with Crippen LogP contribution in [-0.2, 0) is 30.2 Å². The van der Waals surface area contributed by atoms with Gasteiger partial charge in [-0.1, -0.05) is 18.2 Å². The van der Waals surface area contributed by atoms with Crippen molar-refractivity contribution in [3.8, 4) is 11.5 Å². The number of hydrogen-bond donors (Lipinski definition) is 1. The summed E-state index contributed by atoms with van der Waals surface area (Å²) in [4.78, 5) is 40.1. The molecule has 0 fully saturated rings. The second-order valence-electron chi connectivity index (χ2n) is 9.75. The number of aromatic nitrogens is 7. The van der Waals surface area contributed by atoms with Gasteiger partial charge in [0, 0.05) is 30.6 Å². The Hall–Kier alpha value is -4.80. The van der Waals surface area contributed by atoms with Gasteiger partial charge in [-0.2, -0.15) is 10.2 Å². The fourth-order valence-electron chi connectivity index (χ4n) is 4.71. The van der Waals surface area contributed by atoms with Crippen LogP contribution in [-0.4, -0.2) is 46.2 Å². The number of carbonyl (C=O) groups is 2. The summed E-state index contributed by atoms with van der Waals surface area (Å²) in [7, 11) is 1.77. The second kappa shape index (κ2) is 8.65. The van der Waals surface area contributed by atoms with E-state index in [0.29, 0.717) is 33.5 Å². The molecule has 10 nitrogen and oxygen atoms in total. The van der Waals surface area contributed by atoms with E-state index in [1.165, 1.54) is 6.07 Å². The van der Waals surface area contributed by atoms with Crippen LogP contribution in [0.5, 0.6) is 0 Å². The highest BCUT2D eigenvalue weighted by molar-refractivity contribution is 6.10. The molecule has 0 bridgehead atoms. The number of amides is 1. The van der Waals surface area contributed by atoms with Crippen LogP contribution in [0.25, 0.3) is 22.6 Å². The zero-order valence-corrected chi connectivity index (χ0v) is 20.9. The van der Waals surface area contributed by atoms with Gasteiger partial charge in [-0.3, -0.25) is 14.3 Å². The molecular formula is C27H23FN8O2. The van der Waals surface area contributed by atoms with Crippen molar-refractivity contribution >= 4 is 28.5 Å². The van der Waals surface area contributed by atoms with Gasteiger partial charge in [-0.05, 0) is 38.1 Å². The number of hydrogen-bond acceptors (Lipinski definition) is 7. The molecule has 0 saturated heterocycles. The van der Waals surface area contributed by atoms with Crippen LogP contribution in [0.4, 0.5) is 10.2 Å². The van der Waals surface area contributed by atoms with Crippen LogP contribution in [0.15, 0.2) is 54.9 Å². The minimum Gasteiger partial charge on any atom is -0.310 e. The van der Waals surface area contributed by atoms with Gasteiger partial charge in [0.1, 0.15) is 23.0 Å². The lowest BCUT2D eigenvalue weighted by Crippen LogP contribution is -2.29. The van der Waals surface area contributed by atoms with Gasteiger partial charge in [0.2, 0.25) is 5.91 Å². The first kappa shape index (κ1) is 23.6. The smallest absolute Gasteiger partial charge is 0.235 e. The molecule has 0 unspecified atom stereocenters. The summed E-state index contributed by atoms with van der Waals surface area (Å²) in [5.74, 6) is -0.481. The van der Waals surface area contributed by atoms with E-state index in [9.17, 15) is 14.0 Å². The van der Waals surface area contributed by atoms with Crippen molar-refractivity contribution in [2.24, 2.45) is 7.05 Å². The minimum absolute atomic E-state index is 0.0119. The molecule has 0 atom stereocenters. The first-order valence-electron chi connectivity index (χ1n) is 12.0. The van der Waals surface area contributed by atoms with Crippen LogP contribution >= 0.6 is 0 Å². The Morgan fingerprint density at radius 1 is 1.08 bits per heavy atom. The van der Waals surface area contributed by atoms with E-state index >= 15 is 0 Å². The Balaban J connectivity index is 1.50. The van der Waals surface area contributed by atoms with E-state index in [4.69, 9.17) is 0 Å². The first-order valence-corrected chi connectivity index (χ1v) is 12.0. The monoisotopic (exact) mass is 510 g/mol. The molecule has 4 aromatic heterocycles. The molecule has 1 aliphatic heterocycles. The van der Waals surface area contributed by atoms with Gasteiger partial charge >= 0.3 is 0 Å². The zero-order chi connectivity index (χ0) is 26.6. The number of rotatable bonds is 6. The highest BCUT2D eigenvalue weighted by Gasteiger charge is 2.44. The van der Waals surface area contributed by atoms with Crippen LogP contribution < -0.4 is 5.32 Å². The third kappa shape index (κ3) is 3.83. The number of halogens is 1. The predicted octanol–water partition coefficient (Wildman–Crippen LogP) is 3.46. The summed E-state index contributed by atoms with van der Waals surface area (Å²) in [6.45, 7) is 3.61. The Bertz CT molecular complexity index is 1750. The van der Waals surface area contributed by atoms with Crippen molar-refractivity contribution in [3.05, 3.63) is 83.2 Å². The van der Waals surface area contributed by atoms with E-state index in [2.05, 4.69) is 30.5 Å². The molecule has 1 aliphatic rings. The van der Waals surface area contributed by atoms with Crippen LogP contribution in [0.2, 0.25) is 0 Å². The number of nitrogens with one attached hydrogen (secondary N) is 1. The van der Waals surface area contributed by atoms with Crippen LogP contribution in [0.1, 0.15) is 41.2 Å². The summed E-state index contributed by atoms with van der Waals surface area (Å²) in [5.41, 5.74) is 1.50. The lowest BCUT2D eigenvalue weighted by molar-refractivity contribution is -0.119. The highest BCUT2D eigenvalue weighted by Crippen LogP contribution is 2.40. The standard InChI is InChI=1S/C27H23FN8O2/c1-27(2)20-22(19(37)13-16-10-12-35(3)33-16)30-24(31-23(20)32-26(27)38)21-17-8-6-11-29-25(17)36(34-21)14-15-7-4-5-9-18(15)28/h4-12H,13-14H2,1-3H3,(H,30,31,32,38). The molecule has 1 amide bonds. The Kier molecular flexibility index (Phi) is 5.37. The zero-order valence-electron chi connectivity index (χ0n) is 20.9. The van der Waals surface area contributed by atoms with Crippen LogP contribution in [0, 0.1) is 5.82 Å². The Morgan fingerprint density at radius 2 is 1.89 bits per heavy atom. The average Bonchev–Trinajstić information content (AvgIpc) is 3.54. The molecule has 1 N–H and O–H groups in total. The van der Waals surface area contributed by atoms with Gasteiger partial charge in [0.15, 0.2) is 17.3 Å². The van der Waals surface area contributed by atoms with Gasteiger partial charge < -0.3 is 5.32 Å². The maximum atomic E-state index is 14.4. The van der Waals surface area contributed by atoms with Crippen molar-refractivity contribution in [1.29, 1.82) is 0 Å². The largest absolute Gasteiger partial charge is 0.310 e. The second-order valence-corrected chi connectivity index (χ2v) is 9.75. The quantitative estimate of drug-likeness (QED) is 0.347. The third-order valence-electron chi connectivity index (χ3n) is 6.70. The molecule has 6 rings (SSSR count). The number of pyridine rings is 1. The average molecular weight is 511 g/mol. The molecule has 0 radical (unpaired) electrons. The lowest BCUT2D eigenvalue weighted by Gasteiger charge is -2.17. The van der Waals surface area contributed by atoms with E-state index in [-0.39, 0.29) is 47.8 Å². The van der Waals surface area contributed by atoms with Gasteiger partial charge in [-0.25, -0.2) is 24.0 Å². The molecule has 5 aromatic rings. The van der Waals surface area contributed by atoms with Crippen LogP contribution in [0.3, 0.4) is 0 Å². The van der Waals surface area contributed by atoms with Crippen molar-refractivity contribution in [3.63, 3.8) is 0 Å². The number of fused-ring (bicyclic) bond motifs is 2. The maximum absolute atomic E-state index is 14.4. The highest BCUT2D eigenvalue weighted by atomic mass is 19.1. The van der Waals surface area contributed by atoms with E-state index in [1.807, 2.05) is 6.07 Å². The van der Waals surface area contributed by atoms with Gasteiger partial charge in [0.25, 0.3) is 0 Å². The number of carbonyl (C=O) groups excluding carboxylic acids is 2. The molecule has 38 heavy (non-hydrogen) atoms. The summed E-state index contributed by atoms with van der Waals surface area (Å²) in [6.07, 6.45) is 3.40. The molecular weight excluding hydrogens is 487 g/mol. The number of anilines is 1. The number of aryl methyl sites for hydroxylation is 1. The number of Topliss-reactive ketones (excluding diaryl/α,β-unsaturated/α-hetero) is 1. The Morgan fingerprint density at radius 3 is 2.66 bits per heavy atom. The molecule has 1 aromatic carbocycles. The predicted molar refractivity (Wildman–Crippen MR) is 137 cm³/mol. The number of benzene rings is 1. The maximum Gasteiger partial charge on any atom is 0.235 e. The topological polar surface area (TPSA) is 120 Å². The SMILES string of the molecule is Cn1ccc(CC(=O)c2nc(-c3nn(Cc4ccccc4F)c4ncccc34)nc3c2C(C)(C)C(=O)N3)n1. The number of nitrogens with zero attached hydrogens (tertiary/aromatic N) is 7. The van der Waals surface area contributed by atoms with E-state index in [0.717, 1.165) is 0 Å². The minimum atomic E-state index is -1.00. The summed E-state index contributed by atoms with van der Waals surface area (Å²) in [5, 5.41) is 12.4. The van der Waals surface area contributed by atoms with Crippen molar-refractivity contribution in [2.45, 2.75) is 32.2 Å². The van der Waals surface area contributed by atoms with E-state index < -0.39 is 5.41 Å². The third-order valence-corrected chi connectivity index (χ3v) is 6.70. The number of ketones is 1. The van der Waals surface area contributed by atoms with Crippen molar-refractivity contribution in [2.75, 3.05) is 5.32 Å². The fourth-order valence-corrected chi connectivity index (χ4v) is 4.71. The van der Waals surface area contributed by atoms with E-state index in [1.54, 1.807) is 73.0 Å². The molecule has 11 heteroatoms. The summed E-state index contributed by atoms with van der Waals surface area (Å²) in [6, 6.07) is 11.8. The van der Waals surface area contributed by atoms with Crippen molar-refractivity contribution in [1.82, 2.24) is 34.5 Å². The van der Waals surface area contributed by atoms with Gasteiger partial charge in [0.05, 0.1) is 29.5 Å². The molecule has 0 spiro atoms. The lowest BCUT2D eigenvalue weighted by atomic mass is 9.84. The van der Waals surface area contributed by atoms with Crippen molar-refractivity contribution < 1.29 is 14.0 Å². The molecule has 190 valence electrons. The fraction of sp³-hybridized carbons (Fsp3) is 0.222. The first-order chi connectivity index (χ1) is 18.2. The molecule has 0 saturated carbocycles. The Labute approximate surface area is 216 Å². The summed E-state index contributed by atoms with van der Waals surface area (Å²) >= 11 is 0. The molecule has 5 heterocycles. The van der Waals surface area contributed by atoms with Gasteiger partial charge in [-0.15, -0.1) is 0 Å². The normalized spacial score (nSPS) is 14.1. The summed E-state index contributed by atoms with van der Waals surface area (Å²) < 4.78 is 17.6.